The quantitative estimate of drug-likeness (QED) is 0.870. The van der Waals surface area contributed by atoms with Gasteiger partial charge in [-0.2, -0.15) is 0 Å². The highest BCUT2D eigenvalue weighted by atomic mass is 15.1. The summed E-state index contributed by atoms with van der Waals surface area (Å²) in [5.41, 5.74) is 1.97. The molecule has 3 nitrogen and oxygen atoms in total. The summed E-state index contributed by atoms with van der Waals surface area (Å²) in [4.78, 5) is 4.42. The zero-order chi connectivity index (χ0) is 12.6. The Morgan fingerprint density at radius 1 is 1.39 bits per heavy atom. The second-order valence-electron chi connectivity index (χ2n) is 6.83. The van der Waals surface area contributed by atoms with E-state index in [2.05, 4.69) is 41.2 Å². The van der Waals surface area contributed by atoms with E-state index in [1.807, 2.05) is 0 Å². The van der Waals surface area contributed by atoms with Crippen molar-refractivity contribution in [1.29, 1.82) is 0 Å². The van der Waals surface area contributed by atoms with E-state index in [9.17, 15) is 0 Å². The number of nitrogens with zero attached hydrogens (tertiary/aromatic N) is 2. The fourth-order valence-electron chi connectivity index (χ4n) is 3.68. The van der Waals surface area contributed by atoms with Crippen molar-refractivity contribution in [3.63, 3.8) is 0 Å². The summed E-state index contributed by atoms with van der Waals surface area (Å²) in [6.07, 6.45) is 10.7. The molecule has 1 N–H and O–H groups in total. The number of rotatable bonds is 2. The fourth-order valence-corrected chi connectivity index (χ4v) is 3.68. The molecule has 0 amide bonds. The summed E-state index contributed by atoms with van der Waals surface area (Å²) >= 11 is 0. The maximum Gasteiger partial charge on any atom is 0.0950 e. The lowest BCUT2D eigenvalue weighted by Crippen LogP contribution is -2.30. The average molecular weight is 247 g/mol. The molecule has 2 unspecified atom stereocenters. The molecule has 2 atom stereocenters. The Kier molecular flexibility index (Phi) is 3.18. The van der Waals surface area contributed by atoms with E-state index < -0.39 is 0 Å². The van der Waals surface area contributed by atoms with E-state index in [0.29, 0.717) is 17.4 Å². The molecule has 0 spiro atoms. The number of piperidine rings is 1. The molecule has 18 heavy (non-hydrogen) atoms. The number of imidazole rings is 1. The van der Waals surface area contributed by atoms with Crippen LogP contribution in [0.15, 0.2) is 12.5 Å². The molecule has 1 saturated carbocycles. The van der Waals surface area contributed by atoms with Gasteiger partial charge in [0.05, 0.1) is 6.33 Å². The molecule has 2 heterocycles. The monoisotopic (exact) mass is 247 g/mol. The van der Waals surface area contributed by atoms with Crippen LogP contribution in [0.4, 0.5) is 0 Å². The van der Waals surface area contributed by atoms with Crippen LogP contribution in [0, 0.1) is 5.41 Å². The van der Waals surface area contributed by atoms with Gasteiger partial charge in [-0.05, 0) is 44.1 Å². The van der Waals surface area contributed by atoms with Crippen LogP contribution < -0.4 is 5.32 Å². The SMILES string of the molecule is CC1(C)CCC(n2cncc2C2CCCNC2)C1. The van der Waals surface area contributed by atoms with Crippen LogP contribution in [0.2, 0.25) is 0 Å². The topological polar surface area (TPSA) is 29.9 Å². The highest BCUT2D eigenvalue weighted by molar-refractivity contribution is 5.10. The number of aromatic nitrogens is 2. The summed E-state index contributed by atoms with van der Waals surface area (Å²) in [7, 11) is 0. The van der Waals surface area contributed by atoms with Gasteiger partial charge in [0.2, 0.25) is 0 Å². The molecule has 1 aromatic rings. The van der Waals surface area contributed by atoms with Crippen LogP contribution in [-0.4, -0.2) is 22.6 Å². The van der Waals surface area contributed by atoms with E-state index >= 15 is 0 Å². The zero-order valence-electron chi connectivity index (χ0n) is 11.7. The Bertz CT molecular complexity index is 402. The molecule has 3 rings (SSSR count). The number of hydrogen-bond acceptors (Lipinski definition) is 2. The van der Waals surface area contributed by atoms with Gasteiger partial charge in [0.25, 0.3) is 0 Å². The maximum atomic E-state index is 4.42. The van der Waals surface area contributed by atoms with Crippen LogP contribution in [0.3, 0.4) is 0 Å². The lowest BCUT2D eigenvalue weighted by atomic mass is 9.91. The number of hydrogen-bond donors (Lipinski definition) is 1. The molecule has 1 saturated heterocycles. The third kappa shape index (κ3) is 2.33. The van der Waals surface area contributed by atoms with Crippen LogP contribution in [0.1, 0.15) is 63.6 Å². The summed E-state index contributed by atoms with van der Waals surface area (Å²) in [5.74, 6) is 0.671. The van der Waals surface area contributed by atoms with Gasteiger partial charge in [0, 0.05) is 30.4 Å². The van der Waals surface area contributed by atoms with E-state index in [4.69, 9.17) is 0 Å². The van der Waals surface area contributed by atoms with Gasteiger partial charge in [-0.15, -0.1) is 0 Å². The Balaban J connectivity index is 1.79. The molecule has 0 radical (unpaired) electrons. The molecule has 0 aromatic carbocycles. The minimum absolute atomic E-state index is 0.511. The lowest BCUT2D eigenvalue weighted by Gasteiger charge is -2.26. The van der Waals surface area contributed by atoms with Crippen molar-refractivity contribution in [2.24, 2.45) is 5.41 Å². The summed E-state index contributed by atoms with van der Waals surface area (Å²) in [5, 5.41) is 3.52. The van der Waals surface area contributed by atoms with Gasteiger partial charge in [0.1, 0.15) is 0 Å². The predicted molar refractivity (Wildman–Crippen MR) is 73.7 cm³/mol. The van der Waals surface area contributed by atoms with Crippen molar-refractivity contribution in [3.8, 4) is 0 Å². The highest BCUT2D eigenvalue weighted by Gasteiger charge is 2.33. The van der Waals surface area contributed by atoms with Crippen molar-refractivity contribution < 1.29 is 0 Å². The Labute approximate surface area is 110 Å². The van der Waals surface area contributed by atoms with E-state index in [1.165, 1.54) is 44.3 Å². The van der Waals surface area contributed by atoms with Crippen molar-refractivity contribution in [3.05, 3.63) is 18.2 Å². The van der Waals surface area contributed by atoms with Gasteiger partial charge < -0.3 is 9.88 Å². The van der Waals surface area contributed by atoms with Crippen molar-refractivity contribution in [2.45, 2.75) is 57.9 Å². The summed E-state index contributed by atoms with van der Waals surface area (Å²) in [6.45, 7) is 7.10. The second-order valence-corrected chi connectivity index (χ2v) is 6.83. The minimum atomic E-state index is 0.511. The van der Waals surface area contributed by atoms with Crippen LogP contribution >= 0.6 is 0 Å². The average Bonchev–Trinajstić information content (AvgIpc) is 2.96. The molecule has 3 heteroatoms. The molecule has 2 fully saturated rings. The molecule has 0 bridgehead atoms. The lowest BCUT2D eigenvalue weighted by molar-refractivity contribution is 0.351. The minimum Gasteiger partial charge on any atom is -0.331 e. The third-order valence-electron chi connectivity index (χ3n) is 4.75. The predicted octanol–water partition coefficient (Wildman–Crippen LogP) is 3.10. The van der Waals surface area contributed by atoms with Crippen LogP contribution in [-0.2, 0) is 0 Å². The van der Waals surface area contributed by atoms with Gasteiger partial charge in [0.15, 0.2) is 0 Å². The first-order valence-corrected chi connectivity index (χ1v) is 7.38. The van der Waals surface area contributed by atoms with Crippen LogP contribution in [0.5, 0.6) is 0 Å². The van der Waals surface area contributed by atoms with E-state index in [1.54, 1.807) is 0 Å². The van der Waals surface area contributed by atoms with Gasteiger partial charge >= 0.3 is 0 Å². The molecule has 100 valence electrons. The Morgan fingerprint density at radius 3 is 2.94 bits per heavy atom. The van der Waals surface area contributed by atoms with Crippen molar-refractivity contribution >= 4 is 0 Å². The first kappa shape index (κ1) is 12.2. The normalized spacial score (nSPS) is 31.7. The van der Waals surface area contributed by atoms with Gasteiger partial charge in [-0.1, -0.05) is 13.8 Å². The standard InChI is InChI=1S/C15H25N3/c1-15(2)6-5-13(8-15)18-11-17-10-14(18)12-4-3-7-16-9-12/h10-13,16H,3-9H2,1-2H3. The van der Waals surface area contributed by atoms with Crippen LogP contribution in [0.25, 0.3) is 0 Å². The van der Waals surface area contributed by atoms with Gasteiger partial charge in [-0.25, -0.2) is 4.98 Å². The van der Waals surface area contributed by atoms with Crippen molar-refractivity contribution in [2.75, 3.05) is 13.1 Å². The summed E-state index contributed by atoms with van der Waals surface area (Å²) in [6, 6.07) is 0.680. The molecule has 2 aliphatic rings. The largest absolute Gasteiger partial charge is 0.331 e. The second kappa shape index (κ2) is 4.69. The highest BCUT2D eigenvalue weighted by Crippen LogP contribution is 2.44. The van der Waals surface area contributed by atoms with E-state index in [0.717, 1.165) is 6.54 Å². The maximum absolute atomic E-state index is 4.42. The molecular formula is C15H25N3. The molecular weight excluding hydrogens is 222 g/mol. The Hall–Kier alpha value is -0.830. The van der Waals surface area contributed by atoms with E-state index in [-0.39, 0.29) is 0 Å². The summed E-state index contributed by atoms with van der Waals surface area (Å²) < 4.78 is 2.48. The third-order valence-corrected chi connectivity index (χ3v) is 4.75. The molecule has 1 aliphatic carbocycles. The fraction of sp³-hybridized carbons (Fsp3) is 0.800. The first-order valence-electron chi connectivity index (χ1n) is 7.38. The Morgan fingerprint density at radius 2 is 2.28 bits per heavy atom. The number of nitrogens with one attached hydrogen (secondary N) is 1. The smallest absolute Gasteiger partial charge is 0.0950 e. The zero-order valence-corrected chi connectivity index (χ0v) is 11.7. The molecule has 1 aliphatic heterocycles. The molecule has 1 aromatic heterocycles. The van der Waals surface area contributed by atoms with Crippen molar-refractivity contribution in [1.82, 2.24) is 14.9 Å². The van der Waals surface area contributed by atoms with Gasteiger partial charge in [-0.3, -0.25) is 0 Å². The first-order chi connectivity index (χ1) is 8.66.